The highest BCUT2D eigenvalue weighted by atomic mass is 35.5. The van der Waals surface area contributed by atoms with Crippen molar-refractivity contribution in [3.05, 3.63) is 72.4 Å². The molecule has 1 atom stereocenters. The van der Waals surface area contributed by atoms with Gasteiger partial charge in [0, 0.05) is 51.0 Å². The molecule has 40 heavy (non-hydrogen) atoms. The molecule has 0 aliphatic carbocycles. The number of fused-ring (bicyclic) bond motifs is 1. The standard InChI is InChI=1S/C28H33ClN6O5/c1-15-8-11-19(40-15)25(28(2,3)4)32-22-21(23(36)24(22)37)31-18-10-9-17(29)16-14-35(26(38)20(16)18)13-12-33(6)27(39)34(7)30-5/h8-11,25,31-32H,5,12-14H2,1-4,6-7H3. The van der Waals surface area contributed by atoms with Gasteiger partial charge < -0.3 is 24.9 Å². The zero-order valence-corrected chi connectivity index (χ0v) is 24.2. The fourth-order valence-electron chi connectivity index (χ4n) is 4.65. The lowest BCUT2D eigenvalue weighted by Crippen LogP contribution is -2.41. The van der Waals surface area contributed by atoms with Crippen LogP contribution < -0.4 is 21.5 Å². The summed E-state index contributed by atoms with van der Waals surface area (Å²) >= 11 is 6.45. The molecule has 0 radical (unpaired) electrons. The normalized spacial score (nSPS) is 13.8. The molecular formula is C28H33ClN6O5. The first-order valence-corrected chi connectivity index (χ1v) is 13.1. The SMILES string of the molecule is C=NN(C)C(=O)N(C)CCN1Cc2c(Cl)ccc(Nc3c(NC(c4ccc(C)o4)C(C)(C)C)c(=O)c3=O)c2C1=O. The second kappa shape index (κ2) is 10.8. The van der Waals surface area contributed by atoms with Gasteiger partial charge in [0.15, 0.2) is 0 Å². The van der Waals surface area contributed by atoms with Gasteiger partial charge in [-0.15, -0.1) is 0 Å². The second-order valence-electron chi connectivity index (χ2n) is 11.0. The van der Waals surface area contributed by atoms with Crippen LogP contribution in [0.1, 0.15) is 54.3 Å². The van der Waals surface area contributed by atoms with Gasteiger partial charge in [0.25, 0.3) is 16.8 Å². The number of hydrazone groups is 1. The van der Waals surface area contributed by atoms with Gasteiger partial charge in [-0.25, -0.2) is 9.80 Å². The molecule has 4 rings (SSSR count). The number of hydrogen-bond donors (Lipinski definition) is 2. The minimum absolute atomic E-state index is 0.0728. The number of carbonyl (C=O) groups is 2. The maximum atomic E-state index is 13.4. The van der Waals surface area contributed by atoms with Gasteiger partial charge in [-0.05, 0) is 36.6 Å². The van der Waals surface area contributed by atoms with Crippen LogP contribution in [0, 0.1) is 12.3 Å². The van der Waals surface area contributed by atoms with E-state index < -0.39 is 16.9 Å². The highest BCUT2D eigenvalue weighted by Gasteiger charge is 2.35. The molecule has 0 fully saturated rings. The van der Waals surface area contributed by atoms with Crippen molar-refractivity contribution in [2.45, 2.75) is 40.3 Å². The lowest BCUT2D eigenvalue weighted by molar-refractivity contribution is 0.0764. The van der Waals surface area contributed by atoms with Crippen LogP contribution in [0.3, 0.4) is 0 Å². The fraction of sp³-hybridized carbons (Fsp3) is 0.393. The van der Waals surface area contributed by atoms with Crippen LogP contribution in [0.25, 0.3) is 0 Å². The van der Waals surface area contributed by atoms with Gasteiger partial charge in [-0.2, -0.15) is 5.10 Å². The van der Waals surface area contributed by atoms with E-state index in [1.54, 1.807) is 24.1 Å². The number of furan rings is 1. The van der Waals surface area contributed by atoms with Crippen molar-refractivity contribution in [1.29, 1.82) is 0 Å². The van der Waals surface area contributed by atoms with E-state index >= 15 is 0 Å². The Kier molecular flexibility index (Phi) is 7.80. The zero-order chi connectivity index (χ0) is 29.5. The molecule has 2 heterocycles. The topological polar surface area (TPSA) is 128 Å². The Bertz CT molecular complexity index is 1550. The monoisotopic (exact) mass is 568 g/mol. The highest BCUT2D eigenvalue weighted by Crippen LogP contribution is 2.39. The third-order valence-corrected chi connectivity index (χ3v) is 7.35. The van der Waals surface area contributed by atoms with E-state index in [-0.39, 0.29) is 48.4 Å². The van der Waals surface area contributed by atoms with Crippen molar-refractivity contribution in [3.8, 4) is 0 Å². The maximum absolute atomic E-state index is 13.4. The van der Waals surface area contributed by atoms with E-state index in [2.05, 4.69) is 22.5 Å². The Morgan fingerprint density at radius 3 is 2.42 bits per heavy atom. The van der Waals surface area contributed by atoms with E-state index in [4.69, 9.17) is 16.0 Å². The van der Waals surface area contributed by atoms with Crippen LogP contribution >= 0.6 is 11.6 Å². The number of nitrogens with one attached hydrogen (secondary N) is 2. The number of nitrogens with zero attached hydrogens (tertiary/aromatic N) is 4. The number of halogens is 1. The fourth-order valence-corrected chi connectivity index (χ4v) is 4.87. The molecule has 3 aromatic rings. The molecule has 12 heteroatoms. The predicted molar refractivity (Wildman–Crippen MR) is 155 cm³/mol. The number of rotatable bonds is 9. The van der Waals surface area contributed by atoms with Crippen molar-refractivity contribution in [2.24, 2.45) is 10.5 Å². The number of amides is 3. The summed E-state index contributed by atoms with van der Waals surface area (Å²) in [6, 6.07) is 6.18. The van der Waals surface area contributed by atoms with E-state index in [1.165, 1.54) is 11.9 Å². The number of carbonyl (C=O) groups excluding carboxylic acids is 2. The largest absolute Gasteiger partial charge is 0.464 e. The maximum Gasteiger partial charge on any atom is 0.339 e. The number of urea groups is 1. The summed E-state index contributed by atoms with van der Waals surface area (Å²) in [5.74, 6) is 1.07. The van der Waals surface area contributed by atoms with Crippen LogP contribution in [-0.4, -0.2) is 60.6 Å². The van der Waals surface area contributed by atoms with Crippen molar-refractivity contribution in [2.75, 3.05) is 37.8 Å². The van der Waals surface area contributed by atoms with Gasteiger partial charge in [-0.3, -0.25) is 14.4 Å². The van der Waals surface area contributed by atoms with Crippen LogP contribution in [0.5, 0.6) is 0 Å². The molecule has 0 saturated heterocycles. The number of likely N-dealkylation sites (N-methyl/N-ethyl adjacent to an activating group) is 1. The molecule has 1 aromatic heterocycles. The minimum atomic E-state index is -0.683. The molecule has 1 unspecified atom stereocenters. The molecule has 3 amide bonds. The average molecular weight is 569 g/mol. The van der Waals surface area contributed by atoms with E-state index in [0.717, 1.165) is 10.8 Å². The summed E-state index contributed by atoms with van der Waals surface area (Å²) in [4.78, 5) is 54.0. The Balaban J connectivity index is 1.58. The first-order valence-electron chi connectivity index (χ1n) is 12.7. The molecule has 1 aliphatic heterocycles. The summed E-state index contributed by atoms with van der Waals surface area (Å²) in [5.41, 5.74) is -0.203. The van der Waals surface area contributed by atoms with Crippen LogP contribution in [0.15, 0.2) is 43.4 Å². The van der Waals surface area contributed by atoms with Crippen molar-refractivity contribution in [1.82, 2.24) is 14.8 Å². The molecule has 2 aromatic carbocycles. The number of aryl methyl sites for hydroxylation is 1. The third kappa shape index (κ3) is 5.33. The smallest absolute Gasteiger partial charge is 0.339 e. The summed E-state index contributed by atoms with van der Waals surface area (Å²) in [6.07, 6.45) is 0. The Morgan fingerprint density at radius 2 is 1.82 bits per heavy atom. The predicted octanol–water partition coefficient (Wildman–Crippen LogP) is 4.34. The molecule has 0 spiro atoms. The first-order chi connectivity index (χ1) is 18.7. The average Bonchev–Trinajstić information content (AvgIpc) is 3.49. The zero-order valence-electron chi connectivity index (χ0n) is 23.4. The van der Waals surface area contributed by atoms with Gasteiger partial charge in [-0.1, -0.05) is 32.4 Å². The second-order valence-corrected chi connectivity index (χ2v) is 11.4. The van der Waals surface area contributed by atoms with Crippen LogP contribution in [0.2, 0.25) is 5.02 Å². The van der Waals surface area contributed by atoms with E-state index in [0.29, 0.717) is 27.6 Å². The molecular weight excluding hydrogens is 536 g/mol. The van der Waals surface area contributed by atoms with Gasteiger partial charge in [0.1, 0.15) is 22.9 Å². The summed E-state index contributed by atoms with van der Waals surface area (Å²) in [7, 11) is 3.09. The summed E-state index contributed by atoms with van der Waals surface area (Å²) in [5, 5.41) is 11.3. The van der Waals surface area contributed by atoms with Gasteiger partial charge in [0.2, 0.25) is 0 Å². The first kappa shape index (κ1) is 28.9. The Labute approximate surface area is 237 Å². The molecule has 2 N–H and O–H groups in total. The molecule has 0 bridgehead atoms. The third-order valence-electron chi connectivity index (χ3n) is 7.00. The van der Waals surface area contributed by atoms with Crippen LogP contribution in [0.4, 0.5) is 21.9 Å². The molecule has 0 saturated carbocycles. The van der Waals surface area contributed by atoms with Gasteiger partial charge >= 0.3 is 6.03 Å². The van der Waals surface area contributed by atoms with E-state index in [1.807, 2.05) is 39.8 Å². The van der Waals surface area contributed by atoms with Gasteiger partial charge in [0.05, 0.1) is 17.3 Å². The summed E-state index contributed by atoms with van der Waals surface area (Å²) in [6.45, 7) is 11.9. The number of hydrogen-bond acceptors (Lipinski definition) is 8. The Hall–Kier alpha value is -4.12. The molecule has 11 nitrogen and oxygen atoms in total. The van der Waals surface area contributed by atoms with Crippen molar-refractivity contribution in [3.63, 3.8) is 0 Å². The number of benzene rings is 1. The van der Waals surface area contributed by atoms with Crippen LogP contribution in [-0.2, 0) is 6.54 Å². The molecule has 1 aliphatic rings. The Morgan fingerprint density at radius 1 is 1.15 bits per heavy atom. The minimum Gasteiger partial charge on any atom is -0.464 e. The summed E-state index contributed by atoms with van der Waals surface area (Å²) < 4.78 is 5.83. The van der Waals surface area contributed by atoms with E-state index in [9.17, 15) is 19.2 Å². The lowest BCUT2D eigenvalue weighted by atomic mass is 9.85. The lowest BCUT2D eigenvalue weighted by Gasteiger charge is -2.31. The molecule has 212 valence electrons. The quantitative estimate of drug-likeness (QED) is 0.223. The number of anilines is 3. The van der Waals surface area contributed by atoms with Crippen molar-refractivity contribution >= 4 is 47.3 Å². The highest BCUT2D eigenvalue weighted by molar-refractivity contribution is 6.32. The van der Waals surface area contributed by atoms with Crippen molar-refractivity contribution < 1.29 is 14.0 Å².